The van der Waals surface area contributed by atoms with Crippen LogP contribution in [0, 0.1) is 11.3 Å². The zero-order valence-electron chi connectivity index (χ0n) is 18.0. The summed E-state index contributed by atoms with van der Waals surface area (Å²) in [7, 11) is 0. The van der Waals surface area contributed by atoms with Crippen molar-refractivity contribution in [3.8, 4) is 34.7 Å². The number of rotatable bonds is 10. The minimum atomic E-state index is -1.23. The molecule has 3 aromatic rings. The molecule has 0 aliphatic rings. The first kappa shape index (κ1) is 23.4. The van der Waals surface area contributed by atoms with E-state index in [1.807, 2.05) is 13.8 Å². The molecule has 10 nitrogen and oxygen atoms in total. The topological polar surface area (TPSA) is 159 Å². The van der Waals surface area contributed by atoms with Gasteiger partial charge in [-0.15, -0.1) is 0 Å². The molecule has 3 rings (SSSR count). The predicted octanol–water partition coefficient (Wildman–Crippen LogP) is 3.08. The molecule has 0 aliphatic carbocycles. The Morgan fingerprint density at radius 3 is 2.45 bits per heavy atom. The van der Waals surface area contributed by atoms with Crippen molar-refractivity contribution >= 4 is 11.9 Å². The molecule has 0 bridgehead atoms. The molecule has 0 unspecified atom stereocenters. The van der Waals surface area contributed by atoms with Gasteiger partial charge in [0.15, 0.2) is 0 Å². The van der Waals surface area contributed by atoms with E-state index < -0.39 is 24.4 Å². The van der Waals surface area contributed by atoms with Crippen molar-refractivity contribution in [3.05, 3.63) is 53.6 Å². The zero-order chi connectivity index (χ0) is 24.0. The molecule has 0 saturated heterocycles. The smallest absolute Gasteiger partial charge is 0.321 e. The van der Waals surface area contributed by atoms with Gasteiger partial charge in [-0.25, -0.2) is 0 Å². The van der Waals surface area contributed by atoms with Gasteiger partial charge in [-0.05, 0) is 37.6 Å². The average Bonchev–Trinajstić information content (AvgIpc) is 3.27. The van der Waals surface area contributed by atoms with E-state index in [-0.39, 0.29) is 18.5 Å². The number of carbonyl (C=O) groups is 2. The second-order valence-electron chi connectivity index (χ2n) is 7.48. The third kappa shape index (κ3) is 6.15. The maximum Gasteiger partial charge on any atom is 0.321 e. The summed E-state index contributed by atoms with van der Waals surface area (Å²) in [4.78, 5) is 26.3. The van der Waals surface area contributed by atoms with Crippen molar-refractivity contribution in [2.45, 2.75) is 39.0 Å². The highest BCUT2D eigenvalue weighted by atomic mass is 16.5. The van der Waals surface area contributed by atoms with Crippen LogP contribution in [0.2, 0.25) is 0 Å². The van der Waals surface area contributed by atoms with Gasteiger partial charge in [-0.3, -0.25) is 14.9 Å². The molecular weight excluding hydrogens is 428 g/mol. The van der Waals surface area contributed by atoms with E-state index in [2.05, 4.69) is 21.5 Å². The highest BCUT2D eigenvalue weighted by Crippen LogP contribution is 2.28. The number of nitrogens with one attached hydrogen (secondary N) is 1. The van der Waals surface area contributed by atoms with Crippen LogP contribution in [0.3, 0.4) is 0 Å². The molecule has 0 amide bonds. The molecule has 0 saturated carbocycles. The first-order valence-corrected chi connectivity index (χ1v) is 10.1. The summed E-state index contributed by atoms with van der Waals surface area (Å²) in [6, 6.07) is 13.0. The number of hydrogen-bond donors (Lipinski definition) is 3. The molecule has 3 N–H and O–H groups in total. The largest absolute Gasteiger partial charge is 0.490 e. The molecular formula is C23H22N4O6. The summed E-state index contributed by atoms with van der Waals surface area (Å²) in [5.41, 5.74) is 2.38. The van der Waals surface area contributed by atoms with Crippen LogP contribution >= 0.6 is 0 Å². The molecule has 0 fully saturated rings. The Morgan fingerprint density at radius 2 is 1.85 bits per heavy atom. The van der Waals surface area contributed by atoms with Crippen LogP contribution in [-0.2, 0) is 16.1 Å². The van der Waals surface area contributed by atoms with Crippen LogP contribution in [0.15, 0.2) is 47.0 Å². The highest BCUT2D eigenvalue weighted by molar-refractivity contribution is 5.80. The van der Waals surface area contributed by atoms with E-state index in [0.717, 1.165) is 5.56 Å². The quantitative estimate of drug-likeness (QED) is 0.419. The zero-order valence-corrected chi connectivity index (χ0v) is 18.0. The second kappa shape index (κ2) is 10.4. The van der Waals surface area contributed by atoms with Crippen LogP contribution in [0.5, 0.6) is 5.75 Å². The van der Waals surface area contributed by atoms with Gasteiger partial charge in [0.1, 0.15) is 17.9 Å². The Kier molecular flexibility index (Phi) is 7.38. The Morgan fingerprint density at radius 1 is 1.15 bits per heavy atom. The van der Waals surface area contributed by atoms with Crippen LogP contribution in [0.1, 0.15) is 31.4 Å². The number of carboxylic acid groups (broad SMARTS) is 2. The molecule has 0 radical (unpaired) electrons. The summed E-state index contributed by atoms with van der Waals surface area (Å²) < 4.78 is 11.0. The summed E-state index contributed by atoms with van der Waals surface area (Å²) in [5.74, 6) is -1.34. The number of nitrogens with zero attached hydrogens (tertiary/aromatic N) is 3. The fraction of sp³-hybridized carbons (Fsp3) is 0.261. The number of aromatic nitrogens is 2. The molecule has 1 aromatic heterocycles. The molecule has 2 aromatic carbocycles. The van der Waals surface area contributed by atoms with Crippen molar-refractivity contribution in [1.29, 1.82) is 5.26 Å². The lowest BCUT2D eigenvalue weighted by Gasteiger charge is -2.12. The Balaban J connectivity index is 1.71. The number of aliphatic carboxylic acids is 2. The first-order chi connectivity index (χ1) is 15.8. The van der Waals surface area contributed by atoms with E-state index in [9.17, 15) is 14.9 Å². The van der Waals surface area contributed by atoms with Crippen molar-refractivity contribution < 1.29 is 29.1 Å². The molecule has 10 heteroatoms. The predicted molar refractivity (Wildman–Crippen MR) is 116 cm³/mol. The number of carboxylic acids is 2. The van der Waals surface area contributed by atoms with Crippen molar-refractivity contribution in [2.75, 3.05) is 0 Å². The van der Waals surface area contributed by atoms with Gasteiger partial charge in [0.05, 0.1) is 18.1 Å². The Hall–Kier alpha value is -4.23. The lowest BCUT2D eigenvalue weighted by atomic mass is 10.1. The summed E-state index contributed by atoms with van der Waals surface area (Å²) in [5, 5.41) is 34.0. The van der Waals surface area contributed by atoms with E-state index in [1.54, 1.807) is 42.5 Å². The standard InChI is InChI=1S/C23H22N4O6/c1-13(2)32-19-8-7-16(9-17(19)11-24)22-26-21(27-33-22)15-5-3-14(4-6-15)12-25-18(23(30)31)10-20(28)29/h3-9,13,18,25H,10,12H2,1-2H3,(H,28,29)(H,30,31)/t18-/m0/s1. The van der Waals surface area contributed by atoms with Gasteiger partial charge in [0.2, 0.25) is 5.82 Å². The van der Waals surface area contributed by atoms with Crippen LogP contribution in [-0.4, -0.2) is 44.4 Å². The minimum absolute atomic E-state index is 0.0664. The normalized spacial score (nSPS) is 11.7. The van der Waals surface area contributed by atoms with Crippen LogP contribution < -0.4 is 10.1 Å². The van der Waals surface area contributed by atoms with Crippen molar-refractivity contribution in [1.82, 2.24) is 15.5 Å². The summed E-state index contributed by atoms with van der Waals surface area (Å²) >= 11 is 0. The molecule has 170 valence electrons. The molecule has 0 aliphatic heterocycles. The van der Waals surface area contributed by atoms with E-state index in [0.29, 0.717) is 28.3 Å². The van der Waals surface area contributed by atoms with Gasteiger partial charge >= 0.3 is 11.9 Å². The van der Waals surface area contributed by atoms with E-state index in [1.165, 1.54) is 0 Å². The highest BCUT2D eigenvalue weighted by Gasteiger charge is 2.20. The number of benzene rings is 2. The number of ether oxygens (including phenoxy) is 1. The van der Waals surface area contributed by atoms with Gasteiger partial charge in [-0.2, -0.15) is 10.2 Å². The fourth-order valence-corrected chi connectivity index (χ4v) is 3.00. The third-order valence-corrected chi connectivity index (χ3v) is 4.58. The fourth-order valence-electron chi connectivity index (χ4n) is 3.00. The van der Waals surface area contributed by atoms with Gasteiger partial charge in [0.25, 0.3) is 5.89 Å². The van der Waals surface area contributed by atoms with E-state index >= 15 is 0 Å². The van der Waals surface area contributed by atoms with Crippen molar-refractivity contribution in [2.24, 2.45) is 0 Å². The second-order valence-corrected chi connectivity index (χ2v) is 7.48. The van der Waals surface area contributed by atoms with E-state index in [4.69, 9.17) is 19.5 Å². The molecule has 0 spiro atoms. The number of nitriles is 1. The van der Waals surface area contributed by atoms with Gasteiger partial charge in [-0.1, -0.05) is 29.4 Å². The van der Waals surface area contributed by atoms with Gasteiger partial charge < -0.3 is 19.5 Å². The third-order valence-electron chi connectivity index (χ3n) is 4.58. The van der Waals surface area contributed by atoms with Crippen LogP contribution in [0.4, 0.5) is 0 Å². The Labute approximate surface area is 189 Å². The SMILES string of the molecule is CC(C)Oc1ccc(-c2nc(-c3ccc(CN[C@@H](CC(=O)O)C(=O)O)cc3)no2)cc1C#N. The Bertz CT molecular complexity index is 1180. The molecule has 33 heavy (non-hydrogen) atoms. The summed E-state index contributed by atoms with van der Waals surface area (Å²) in [6.45, 7) is 3.94. The maximum atomic E-state index is 11.1. The lowest BCUT2D eigenvalue weighted by Crippen LogP contribution is -2.38. The molecule has 1 atom stereocenters. The average molecular weight is 450 g/mol. The lowest BCUT2D eigenvalue weighted by molar-refractivity contribution is -0.146. The monoisotopic (exact) mass is 450 g/mol. The van der Waals surface area contributed by atoms with Gasteiger partial charge in [0, 0.05) is 17.7 Å². The number of hydrogen-bond acceptors (Lipinski definition) is 8. The molecule has 1 heterocycles. The first-order valence-electron chi connectivity index (χ1n) is 10.1. The summed E-state index contributed by atoms with van der Waals surface area (Å²) in [6.07, 6.45) is -0.583. The van der Waals surface area contributed by atoms with Crippen molar-refractivity contribution in [3.63, 3.8) is 0 Å². The maximum absolute atomic E-state index is 11.1. The van der Waals surface area contributed by atoms with Crippen LogP contribution in [0.25, 0.3) is 22.8 Å². The minimum Gasteiger partial charge on any atom is -0.490 e.